The highest BCUT2D eigenvalue weighted by atomic mass is 16.5. The maximum Gasteiger partial charge on any atom is 0.303 e. The Balaban J connectivity index is 2.39. The Kier molecular flexibility index (Phi) is 5.59. The van der Waals surface area contributed by atoms with Gasteiger partial charge >= 0.3 is 5.97 Å². The highest BCUT2D eigenvalue weighted by Gasteiger charge is 2.43. The maximum absolute atomic E-state index is 12.2. The molecule has 0 aliphatic heterocycles. The molecule has 1 amide bonds. The molecule has 0 aromatic carbocycles. The number of carboxylic acids is 1. The third kappa shape index (κ3) is 3.98. The van der Waals surface area contributed by atoms with Crippen molar-refractivity contribution in [3.8, 4) is 0 Å². The lowest BCUT2D eigenvalue weighted by atomic mass is 9.66. The van der Waals surface area contributed by atoms with Gasteiger partial charge in [-0.3, -0.25) is 9.59 Å². The van der Waals surface area contributed by atoms with Crippen LogP contribution in [0, 0.1) is 5.41 Å². The number of nitrogens with one attached hydrogen (secondary N) is 1. The summed E-state index contributed by atoms with van der Waals surface area (Å²) in [6.45, 7) is 2.44. The van der Waals surface area contributed by atoms with Crippen molar-refractivity contribution in [3.63, 3.8) is 0 Å². The fourth-order valence-electron chi connectivity index (χ4n) is 2.28. The molecule has 0 aromatic heterocycles. The second-order valence-corrected chi connectivity index (χ2v) is 5.18. The molecular weight excluding hydrogens is 234 g/mol. The molecule has 1 atom stereocenters. The van der Waals surface area contributed by atoms with Gasteiger partial charge in [-0.1, -0.05) is 6.42 Å². The zero-order valence-corrected chi connectivity index (χ0v) is 11.2. The van der Waals surface area contributed by atoms with E-state index < -0.39 is 5.97 Å². The zero-order chi connectivity index (χ0) is 13.6. The minimum absolute atomic E-state index is 0.0590. The Bertz CT molecular complexity index is 299. The van der Waals surface area contributed by atoms with E-state index in [0.717, 1.165) is 25.7 Å². The molecule has 5 nitrogen and oxygen atoms in total. The maximum atomic E-state index is 12.2. The fraction of sp³-hybridized carbons (Fsp3) is 0.846. The third-order valence-electron chi connectivity index (χ3n) is 3.75. The molecule has 5 heteroatoms. The molecule has 1 fully saturated rings. The Morgan fingerprint density at radius 3 is 2.56 bits per heavy atom. The summed E-state index contributed by atoms with van der Waals surface area (Å²) < 4.78 is 5.05. The standard InChI is InChI=1S/C13H23NO4/c1-10(4-5-11(15)16)14-12(17)13(6-3-7-13)8-9-18-2/h10H,3-9H2,1-2H3,(H,14,17)(H,15,16). The van der Waals surface area contributed by atoms with Crippen molar-refractivity contribution in [2.45, 2.75) is 51.5 Å². The van der Waals surface area contributed by atoms with Gasteiger partial charge in [0.05, 0.1) is 5.41 Å². The minimum atomic E-state index is -0.825. The molecule has 0 bridgehead atoms. The number of hydrogen-bond acceptors (Lipinski definition) is 3. The summed E-state index contributed by atoms with van der Waals surface area (Å²) in [5, 5.41) is 11.5. The summed E-state index contributed by atoms with van der Waals surface area (Å²) >= 11 is 0. The van der Waals surface area contributed by atoms with E-state index >= 15 is 0 Å². The molecular formula is C13H23NO4. The van der Waals surface area contributed by atoms with E-state index in [0.29, 0.717) is 13.0 Å². The molecule has 0 saturated heterocycles. The van der Waals surface area contributed by atoms with Gasteiger partial charge in [0.15, 0.2) is 0 Å². The van der Waals surface area contributed by atoms with Crippen LogP contribution < -0.4 is 5.32 Å². The number of carbonyl (C=O) groups excluding carboxylic acids is 1. The number of amides is 1. The lowest BCUT2D eigenvalue weighted by Crippen LogP contribution is -2.49. The van der Waals surface area contributed by atoms with Crippen LogP contribution in [0.3, 0.4) is 0 Å². The Morgan fingerprint density at radius 1 is 1.44 bits per heavy atom. The number of hydrogen-bond donors (Lipinski definition) is 2. The first-order valence-electron chi connectivity index (χ1n) is 6.52. The van der Waals surface area contributed by atoms with E-state index in [1.807, 2.05) is 6.92 Å². The Morgan fingerprint density at radius 2 is 2.11 bits per heavy atom. The molecule has 0 spiro atoms. The molecule has 104 valence electrons. The van der Waals surface area contributed by atoms with Crippen molar-refractivity contribution in [2.75, 3.05) is 13.7 Å². The van der Waals surface area contributed by atoms with Gasteiger partial charge in [0.1, 0.15) is 0 Å². The summed E-state index contributed by atoms with van der Waals surface area (Å²) in [5.74, 6) is -0.766. The smallest absolute Gasteiger partial charge is 0.303 e. The first-order valence-corrected chi connectivity index (χ1v) is 6.52. The minimum Gasteiger partial charge on any atom is -0.481 e. The Labute approximate surface area is 108 Å². The third-order valence-corrected chi connectivity index (χ3v) is 3.75. The monoisotopic (exact) mass is 257 g/mol. The first kappa shape index (κ1) is 15.0. The summed E-state index contributed by atoms with van der Waals surface area (Å²) in [4.78, 5) is 22.7. The predicted molar refractivity (Wildman–Crippen MR) is 67.3 cm³/mol. The van der Waals surface area contributed by atoms with Crippen LogP contribution in [0.15, 0.2) is 0 Å². The van der Waals surface area contributed by atoms with E-state index in [4.69, 9.17) is 9.84 Å². The molecule has 0 aromatic rings. The van der Waals surface area contributed by atoms with Crippen molar-refractivity contribution < 1.29 is 19.4 Å². The summed E-state index contributed by atoms with van der Waals surface area (Å²) in [5.41, 5.74) is -0.270. The number of carbonyl (C=O) groups is 2. The van der Waals surface area contributed by atoms with Crippen LogP contribution in [0.2, 0.25) is 0 Å². The number of aliphatic carboxylic acids is 1. The van der Waals surface area contributed by atoms with E-state index in [-0.39, 0.29) is 23.8 Å². The molecule has 1 rings (SSSR count). The molecule has 0 radical (unpaired) electrons. The molecule has 1 unspecified atom stereocenters. The van der Waals surface area contributed by atoms with Crippen molar-refractivity contribution in [3.05, 3.63) is 0 Å². The van der Waals surface area contributed by atoms with Crippen LogP contribution in [-0.2, 0) is 14.3 Å². The average Bonchev–Trinajstić information content (AvgIpc) is 2.25. The topological polar surface area (TPSA) is 75.6 Å². The van der Waals surface area contributed by atoms with Gasteiger partial charge < -0.3 is 15.2 Å². The van der Waals surface area contributed by atoms with Crippen LogP contribution in [0.4, 0.5) is 0 Å². The fourth-order valence-corrected chi connectivity index (χ4v) is 2.28. The second kappa shape index (κ2) is 6.73. The van der Waals surface area contributed by atoms with Crippen LogP contribution in [0.25, 0.3) is 0 Å². The van der Waals surface area contributed by atoms with Gasteiger partial charge in [0, 0.05) is 26.2 Å². The van der Waals surface area contributed by atoms with Crippen LogP contribution >= 0.6 is 0 Å². The largest absolute Gasteiger partial charge is 0.481 e. The lowest BCUT2D eigenvalue weighted by Gasteiger charge is -2.40. The number of ether oxygens (including phenoxy) is 1. The lowest BCUT2D eigenvalue weighted by molar-refractivity contribution is -0.140. The number of rotatable bonds is 8. The van der Waals surface area contributed by atoms with Gasteiger partial charge in [-0.15, -0.1) is 0 Å². The Hall–Kier alpha value is -1.10. The number of carboxylic acid groups (broad SMARTS) is 1. The molecule has 0 heterocycles. The average molecular weight is 257 g/mol. The molecule has 1 aliphatic rings. The van der Waals surface area contributed by atoms with Crippen molar-refractivity contribution in [1.29, 1.82) is 0 Å². The van der Waals surface area contributed by atoms with Gasteiger partial charge in [0.25, 0.3) is 0 Å². The highest BCUT2D eigenvalue weighted by Crippen LogP contribution is 2.44. The van der Waals surface area contributed by atoms with Gasteiger partial charge in [0.2, 0.25) is 5.91 Å². The van der Waals surface area contributed by atoms with Crippen LogP contribution in [0.5, 0.6) is 0 Å². The van der Waals surface area contributed by atoms with Crippen LogP contribution in [-0.4, -0.2) is 36.7 Å². The summed E-state index contributed by atoms with van der Waals surface area (Å²) in [6.07, 6.45) is 4.22. The van der Waals surface area contributed by atoms with E-state index in [9.17, 15) is 9.59 Å². The van der Waals surface area contributed by atoms with E-state index in [2.05, 4.69) is 5.32 Å². The van der Waals surface area contributed by atoms with E-state index in [1.165, 1.54) is 0 Å². The van der Waals surface area contributed by atoms with E-state index in [1.54, 1.807) is 7.11 Å². The molecule has 2 N–H and O–H groups in total. The summed E-state index contributed by atoms with van der Waals surface area (Å²) in [7, 11) is 1.64. The van der Waals surface area contributed by atoms with Crippen molar-refractivity contribution in [1.82, 2.24) is 5.32 Å². The van der Waals surface area contributed by atoms with Gasteiger partial charge in [-0.25, -0.2) is 0 Å². The summed E-state index contributed by atoms with van der Waals surface area (Å²) in [6, 6.07) is -0.0892. The van der Waals surface area contributed by atoms with Crippen molar-refractivity contribution in [2.24, 2.45) is 5.41 Å². The van der Waals surface area contributed by atoms with Crippen molar-refractivity contribution >= 4 is 11.9 Å². The highest BCUT2D eigenvalue weighted by molar-refractivity contribution is 5.83. The first-order chi connectivity index (χ1) is 8.50. The van der Waals surface area contributed by atoms with Gasteiger partial charge in [-0.05, 0) is 32.6 Å². The SMILES string of the molecule is COCCC1(C(=O)NC(C)CCC(=O)O)CCC1. The normalized spacial score (nSPS) is 18.8. The quantitative estimate of drug-likeness (QED) is 0.692. The number of methoxy groups -OCH3 is 1. The second-order valence-electron chi connectivity index (χ2n) is 5.18. The molecule has 1 saturated carbocycles. The molecule has 1 aliphatic carbocycles. The van der Waals surface area contributed by atoms with Gasteiger partial charge in [-0.2, -0.15) is 0 Å². The predicted octanol–water partition coefficient (Wildman–Crippen LogP) is 1.56. The van der Waals surface area contributed by atoms with Crippen LogP contribution in [0.1, 0.15) is 45.4 Å². The molecule has 18 heavy (non-hydrogen) atoms. The zero-order valence-electron chi connectivity index (χ0n) is 11.2.